The van der Waals surface area contributed by atoms with Crippen molar-refractivity contribution in [3.63, 3.8) is 0 Å². The molecule has 2 N–H and O–H groups in total. The number of ether oxygens (including phenoxy) is 1. The lowest BCUT2D eigenvalue weighted by Gasteiger charge is -2.24. The van der Waals surface area contributed by atoms with Crippen molar-refractivity contribution in [3.8, 4) is 11.8 Å². The Hall–Kier alpha value is -2.88. The second kappa shape index (κ2) is 5.48. The molecule has 0 aliphatic carbocycles. The van der Waals surface area contributed by atoms with E-state index in [-0.39, 0.29) is 24.1 Å². The van der Waals surface area contributed by atoms with Gasteiger partial charge in [0.15, 0.2) is 5.82 Å². The van der Waals surface area contributed by atoms with Gasteiger partial charge >= 0.3 is 0 Å². The van der Waals surface area contributed by atoms with Gasteiger partial charge in [-0.15, -0.1) is 0 Å². The second-order valence-electron chi connectivity index (χ2n) is 5.14. The van der Waals surface area contributed by atoms with E-state index < -0.39 is 5.92 Å². The quantitative estimate of drug-likeness (QED) is 0.886. The number of carbonyl (C=O) groups excluding carboxylic acids is 1. The minimum Gasteiger partial charge on any atom is -0.492 e. The zero-order valence-electron chi connectivity index (χ0n) is 11.8. The lowest BCUT2D eigenvalue weighted by atomic mass is 9.96. The number of benzene rings is 1. The van der Waals surface area contributed by atoms with Gasteiger partial charge in [-0.2, -0.15) is 10.4 Å². The number of aromatic amines is 1. The summed E-state index contributed by atoms with van der Waals surface area (Å²) in [6, 6.07) is 6.24. The molecule has 1 aliphatic heterocycles. The maximum absolute atomic E-state index is 13.3. The van der Waals surface area contributed by atoms with E-state index in [0.29, 0.717) is 29.0 Å². The molecule has 1 atom stereocenters. The van der Waals surface area contributed by atoms with E-state index in [1.54, 1.807) is 13.0 Å². The largest absolute Gasteiger partial charge is 0.492 e. The van der Waals surface area contributed by atoms with Gasteiger partial charge in [0.25, 0.3) is 0 Å². The lowest BCUT2D eigenvalue weighted by molar-refractivity contribution is -0.121. The molecule has 1 unspecified atom stereocenters. The molecular weight excluding hydrogens is 287 g/mol. The topological polar surface area (TPSA) is 90.8 Å². The number of halogens is 1. The van der Waals surface area contributed by atoms with Crippen molar-refractivity contribution >= 4 is 11.7 Å². The van der Waals surface area contributed by atoms with E-state index in [2.05, 4.69) is 15.5 Å². The molecule has 22 heavy (non-hydrogen) atoms. The number of amides is 1. The van der Waals surface area contributed by atoms with Crippen molar-refractivity contribution in [3.05, 3.63) is 40.8 Å². The van der Waals surface area contributed by atoms with Gasteiger partial charge in [0, 0.05) is 0 Å². The SMILES string of the molecule is Cc1[nH]nc(NC(=O)C2COc3ccc(F)cc3C2)c1C#N. The van der Waals surface area contributed by atoms with E-state index in [0.717, 1.165) is 0 Å². The number of nitrogens with one attached hydrogen (secondary N) is 2. The second-order valence-corrected chi connectivity index (χ2v) is 5.14. The number of carbonyl (C=O) groups is 1. The van der Waals surface area contributed by atoms with Crippen LogP contribution >= 0.6 is 0 Å². The molecule has 2 aromatic rings. The zero-order chi connectivity index (χ0) is 15.7. The molecule has 2 heterocycles. The molecule has 1 aromatic carbocycles. The van der Waals surface area contributed by atoms with E-state index >= 15 is 0 Å². The van der Waals surface area contributed by atoms with Crippen LogP contribution in [0.4, 0.5) is 10.2 Å². The van der Waals surface area contributed by atoms with Crippen LogP contribution in [0.3, 0.4) is 0 Å². The van der Waals surface area contributed by atoms with Crippen molar-refractivity contribution < 1.29 is 13.9 Å². The van der Waals surface area contributed by atoms with E-state index in [1.807, 2.05) is 6.07 Å². The lowest BCUT2D eigenvalue weighted by Crippen LogP contribution is -2.33. The molecule has 0 saturated carbocycles. The molecule has 0 saturated heterocycles. The minimum atomic E-state index is -0.460. The average molecular weight is 300 g/mol. The molecule has 0 fully saturated rings. The highest BCUT2D eigenvalue weighted by Gasteiger charge is 2.27. The molecule has 0 spiro atoms. The molecule has 1 aromatic heterocycles. The Labute approximate surface area is 125 Å². The van der Waals surface area contributed by atoms with Crippen LogP contribution in [-0.2, 0) is 11.2 Å². The fraction of sp³-hybridized carbons (Fsp3) is 0.267. The van der Waals surface area contributed by atoms with Crippen LogP contribution in [0.1, 0.15) is 16.8 Å². The highest BCUT2D eigenvalue weighted by Crippen LogP contribution is 2.28. The first kappa shape index (κ1) is 14.1. The number of rotatable bonds is 2. The number of H-pyrrole nitrogens is 1. The van der Waals surface area contributed by atoms with E-state index in [9.17, 15) is 9.18 Å². The van der Waals surface area contributed by atoms with Crippen LogP contribution < -0.4 is 10.1 Å². The number of aryl methyl sites for hydroxylation is 1. The van der Waals surface area contributed by atoms with Crippen molar-refractivity contribution in [2.75, 3.05) is 11.9 Å². The Morgan fingerprint density at radius 2 is 2.41 bits per heavy atom. The van der Waals surface area contributed by atoms with Crippen LogP contribution in [0.2, 0.25) is 0 Å². The Kier molecular flexibility index (Phi) is 3.51. The normalized spacial score (nSPS) is 16.3. The van der Waals surface area contributed by atoms with Crippen molar-refractivity contribution in [2.45, 2.75) is 13.3 Å². The Morgan fingerprint density at radius 3 is 3.18 bits per heavy atom. The Morgan fingerprint density at radius 1 is 1.59 bits per heavy atom. The molecular formula is C15H13FN4O2. The summed E-state index contributed by atoms with van der Waals surface area (Å²) < 4.78 is 18.8. The summed E-state index contributed by atoms with van der Waals surface area (Å²) in [5, 5.41) is 18.2. The summed E-state index contributed by atoms with van der Waals surface area (Å²) in [7, 11) is 0. The molecule has 3 rings (SSSR count). The number of hydrogen-bond donors (Lipinski definition) is 2. The molecule has 1 amide bonds. The van der Waals surface area contributed by atoms with Gasteiger partial charge < -0.3 is 10.1 Å². The first-order valence-electron chi connectivity index (χ1n) is 6.75. The van der Waals surface area contributed by atoms with E-state index in [1.165, 1.54) is 12.1 Å². The maximum Gasteiger partial charge on any atom is 0.232 e. The predicted molar refractivity (Wildman–Crippen MR) is 75.8 cm³/mol. The average Bonchev–Trinajstić information content (AvgIpc) is 2.86. The number of hydrogen-bond acceptors (Lipinski definition) is 4. The number of aromatic nitrogens is 2. The standard InChI is InChI=1S/C15H13FN4O2/c1-8-12(6-17)14(20-19-8)18-15(21)10-4-9-5-11(16)2-3-13(9)22-7-10/h2-3,5,10H,4,7H2,1H3,(H2,18,19,20,21). The third kappa shape index (κ3) is 2.51. The van der Waals surface area contributed by atoms with Gasteiger partial charge in [0.05, 0.1) is 11.6 Å². The fourth-order valence-electron chi connectivity index (χ4n) is 2.41. The summed E-state index contributed by atoms with van der Waals surface area (Å²) in [4.78, 5) is 12.3. The Bertz CT molecular complexity index is 778. The third-order valence-corrected chi connectivity index (χ3v) is 3.60. The van der Waals surface area contributed by atoms with Crippen molar-refractivity contribution in [1.29, 1.82) is 5.26 Å². The minimum absolute atomic E-state index is 0.204. The number of anilines is 1. The number of nitriles is 1. The van der Waals surface area contributed by atoms with Crippen molar-refractivity contribution in [1.82, 2.24) is 10.2 Å². The summed E-state index contributed by atoms with van der Waals surface area (Å²) in [6.07, 6.45) is 0.379. The van der Waals surface area contributed by atoms with Crippen molar-refractivity contribution in [2.24, 2.45) is 5.92 Å². The predicted octanol–water partition coefficient (Wildman–Crippen LogP) is 1.92. The summed E-state index contributed by atoms with van der Waals surface area (Å²) in [6.45, 7) is 1.90. The van der Waals surface area contributed by atoms with Gasteiger partial charge in [-0.05, 0) is 37.1 Å². The summed E-state index contributed by atoms with van der Waals surface area (Å²) in [5.41, 5.74) is 1.55. The molecule has 0 radical (unpaired) electrons. The van der Waals surface area contributed by atoms with Crippen LogP contribution in [-0.4, -0.2) is 22.7 Å². The molecule has 1 aliphatic rings. The van der Waals surface area contributed by atoms with Crippen LogP contribution in [0, 0.1) is 30.0 Å². The van der Waals surface area contributed by atoms with Gasteiger partial charge in [0.2, 0.25) is 5.91 Å². The molecule has 0 bridgehead atoms. The number of fused-ring (bicyclic) bond motifs is 1. The van der Waals surface area contributed by atoms with Crippen LogP contribution in [0.25, 0.3) is 0 Å². The molecule has 112 valence electrons. The third-order valence-electron chi connectivity index (χ3n) is 3.60. The zero-order valence-corrected chi connectivity index (χ0v) is 11.8. The highest BCUT2D eigenvalue weighted by atomic mass is 19.1. The van der Waals surface area contributed by atoms with Gasteiger partial charge in [-0.3, -0.25) is 9.89 Å². The first-order chi connectivity index (χ1) is 10.6. The summed E-state index contributed by atoms with van der Waals surface area (Å²) in [5.74, 6) is -0.331. The van der Waals surface area contributed by atoms with Gasteiger partial charge in [-0.25, -0.2) is 4.39 Å². The monoisotopic (exact) mass is 300 g/mol. The molecule has 7 heteroatoms. The maximum atomic E-state index is 13.3. The number of nitrogens with zero attached hydrogens (tertiary/aromatic N) is 2. The van der Waals surface area contributed by atoms with E-state index in [4.69, 9.17) is 10.00 Å². The van der Waals surface area contributed by atoms with Crippen LogP contribution in [0.5, 0.6) is 5.75 Å². The highest BCUT2D eigenvalue weighted by molar-refractivity contribution is 5.93. The smallest absolute Gasteiger partial charge is 0.232 e. The summed E-state index contributed by atoms with van der Waals surface area (Å²) >= 11 is 0. The fourth-order valence-corrected chi connectivity index (χ4v) is 2.41. The van der Waals surface area contributed by atoms with Crippen LogP contribution in [0.15, 0.2) is 18.2 Å². The Balaban J connectivity index is 1.75. The van der Waals surface area contributed by atoms with Gasteiger partial charge in [0.1, 0.15) is 29.8 Å². The van der Waals surface area contributed by atoms with Gasteiger partial charge in [-0.1, -0.05) is 0 Å². The molecule has 6 nitrogen and oxygen atoms in total. The first-order valence-corrected chi connectivity index (χ1v) is 6.75.